The first-order chi connectivity index (χ1) is 12.7. The van der Waals surface area contributed by atoms with Gasteiger partial charge in [0.05, 0.1) is 0 Å². The molecule has 26 heavy (non-hydrogen) atoms. The van der Waals surface area contributed by atoms with E-state index in [9.17, 15) is 4.79 Å². The minimum absolute atomic E-state index is 0.0925. The highest BCUT2D eigenvalue weighted by Crippen LogP contribution is 2.33. The summed E-state index contributed by atoms with van der Waals surface area (Å²) >= 11 is 6.08. The molecule has 1 unspecified atom stereocenters. The second-order valence-electron chi connectivity index (χ2n) is 6.63. The number of hydrogen-bond acceptors (Lipinski definition) is 2. The Balaban J connectivity index is 1.72. The number of halogens is 1. The molecule has 4 rings (SSSR count). The largest absolute Gasteiger partial charge is 0.326 e. The maximum Gasteiger partial charge on any atom is 0.224 e. The Morgan fingerprint density at radius 3 is 2.62 bits per heavy atom. The SMILES string of the molecule is O=C1CCc2cc(C(Cc3cccnc3)c3ccc(Cl)cc3)ccc2N1. The first kappa shape index (κ1) is 16.8. The van der Waals surface area contributed by atoms with E-state index >= 15 is 0 Å². The molecule has 1 N–H and O–H groups in total. The van der Waals surface area contributed by atoms with Gasteiger partial charge in [0.2, 0.25) is 5.91 Å². The fourth-order valence-electron chi connectivity index (χ4n) is 3.50. The fraction of sp³-hybridized carbons (Fsp3) is 0.182. The molecule has 0 saturated carbocycles. The number of nitrogens with zero attached hydrogens (tertiary/aromatic N) is 1. The molecule has 0 fully saturated rings. The first-order valence-corrected chi connectivity index (χ1v) is 9.14. The number of carbonyl (C=O) groups is 1. The molecule has 2 aromatic carbocycles. The van der Waals surface area contributed by atoms with Crippen molar-refractivity contribution < 1.29 is 4.79 Å². The van der Waals surface area contributed by atoms with Crippen LogP contribution in [-0.2, 0) is 17.6 Å². The van der Waals surface area contributed by atoms with Crippen LogP contribution in [0, 0.1) is 0 Å². The summed E-state index contributed by atoms with van der Waals surface area (Å²) in [5.41, 5.74) is 5.79. The van der Waals surface area contributed by atoms with Crippen LogP contribution in [-0.4, -0.2) is 10.9 Å². The molecule has 0 saturated heterocycles. The summed E-state index contributed by atoms with van der Waals surface area (Å²) < 4.78 is 0. The van der Waals surface area contributed by atoms with Crippen molar-refractivity contribution in [3.05, 3.63) is 94.3 Å². The lowest BCUT2D eigenvalue weighted by atomic mass is 9.84. The van der Waals surface area contributed by atoms with Crippen molar-refractivity contribution >= 4 is 23.2 Å². The minimum Gasteiger partial charge on any atom is -0.326 e. The molecule has 1 aromatic heterocycles. The molecular weight excluding hydrogens is 344 g/mol. The average Bonchev–Trinajstić information content (AvgIpc) is 2.67. The summed E-state index contributed by atoms with van der Waals surface area (Å²) in [6.45, 7) is 0. The van der Waals surface area contributed by atoms with Crippen molar-refractivity contribution in [1.82, 2.24) is 4.98 Å². The van der Waals surface area contributed by atoms with Gasteiger partial charge >= 0.3 is 0 Å². The number of carbonyl (C=O) groups excluding carboxylic acids is 1. The van der Waals surface area contributed by atoms with Crippen LogP contribution in [0.1, 0.15) is 34.6 Å². The third-order valence-corrected chi connectivity index (χ3v) is 5.11. The van der Waals surface area contributed by atoms with E-state index in [-0.39, 0.29) is 11.8 Å². The van der Waals surface area contributed by atoms with E-state index in [1.54, 1.807) is 6.20 Å². The molecule has 1 aliphatic heterocycles. The summed E-state index contributed by atoms with van der Waals surface area (Å²) in [6, 6.07) is 18.5. The third-order valence-electron chi connectivity index (χ3n) is 4.86. The topological polar surface area (TPSA) is 42.0 Å². The molecule has 0 aliphatic carbocycles. The fourth-order valence-corrected chi connectivity index (χ4v) is 3.62. The highest BCUT2D eigenvalue weighted by molar-refractivity contribution is 6.30. The number of rotatable bonds is 4. The normalized spacial score (nSPS) is 14.4. The van der Waals surface area contributed by atoms with Gasteiger partial charge in [-0.05, 0) is 59.4 Å². The second kappa shape index (κ2) is 7.30. The maximum absolute atomic E-state index is 11.6. The van der Waals surface area contributed by atoms with Gasteiger partial charge < -0.3 is 5.32 Å². The predicted molar refractivity (Wildman–Crippen MR) is 105 cm³/mol. The Morgan fingerprint density at radius 1 is 1.04 bits per heavy atom. The van der Waals surface area contributed by atoms with Crippen LogP contribution in [0.5, 0.6) is 0 Å². The predicted octanol–water partition coefficient (Wildman–Crippen LogP) is 4.99. The summed E-state index contributed by atoms with van der Waals surface area (Å²) in [7, 11) is 0. The van der Waals surface area contributed by atoms with Crippen LogP contribution in [0.2, 0.25) is 5.02 Å². The summed E-state index contributed by atoms with van der Waals surface area (Å²) in [5, 5.41) is 3.69. The smallest absolute Gasteiger partial charge is 0.224 e. The van der Waals surface area contributed by atoms with Gasteiger partial charge in [0.15, 0.2) is 0 Å². The molecule has 3 nitrogen and oxygen atoms in total. The standard InChI is InChI=1S/C22H19ClN2O/c23-19-7-3-16(4-8-19)20(12-15-2-1-11-24-14-15)17-5-9-21-18(13-17)6-10-22(26)25-21/h1-5,7-9,11,13-14,20H,6,10,12H2,(H,25,26). The summed E-state index contributed by atoms with van der Waals surface area (Å²) in [4.78, 5) is 15.9. The zero-order valence-corrected chi connectivity index (χ0v) is 15.0. The molecule has 1 atom stereocenters. The van der Waals surface area contributed by atoms with Crippen molar-refractivity contribution in [2.24, 2.45) is 0 Å². The highest BCUT2D eigenvalue weighted by atomic mass is 35.5. The lowest BCUT2D eigenvalue weighted by Gasteiger charge is -2.22. The number of anilines is 1. The molecule has 2 heterocycles. The van der Waals surface area contributed by atoms with Crippen LogP contribution in [0.3, 0.4) is 0 Å². The van der Waals surface area contributed by atoms with E-state index in [0.29, 0.717) is 6.42 Å². The number of pyridine rings is 1. The molecule has 1 amide bonds. The van der Waals surface area contributed by atoms with Gasteiger partial charge in [0.25, 0.3) is 0 Å². The number of aryl methyl sites for hydroxylation is 1. The van der Waals surface area contributed by atoms with Crippen LogP contribution in [0.15, 0.2) is 67.0 Å². The van der Waals surface area contributed by atoms with Crippen molar-refractivity contribution in [1.29, 1.82) is 0 Å². The van der Waals surface area contributed by atoms with E-state index in [0.717, 1.165) is 23.6 Å². The zero-order chi connectivity index (χ0) is 17.9. The number of benzene rings is 2. The van der Waals surface area contributed by atoms with E-state index in [1.807, 2.05) is 30.5 Å². The van der Waals surface area contributed by atoms with Crippen LogP contribution < -0.4 is 5.32 Å². The van der Waals surface area contributed by atoms with E-state index < -0.39 is 0 Å². The molecule has 0 spiro atoms. The van der Waals surface area contributed by atoms with Crippen molar-refractivity contribution in [3.63, 3.8) is 0 Å². The van der Waals surface area contributed by atoms with Crippen molar-refractivity contribution in [3.8, 4) is 0 Å². The molecule has 0 radical (unpaired) electrons. The quantitative estimate of drug-likeness (QED) is 0.710. The molecule has 3 aromatic rings. The number of hydrogen-bond donors (Lipinski definition) is 1. The molecule has 4 heteroatoms. The minimum atomic E-state index is 0.0925. The van der Waals surface area contributed by atoms with Gasteiger partial charge in [0.1, 0.15) is 0 Å². The highest BCUT2D eigenvalue weighted by Gasteiger charge is 2.20. The third kappa shape index (κ3) is 3.63. The van der Waals surface area contributed by atoms with Gasteiger partial charge in [-0.15, -0.1) is 0 Å². The average molecular weight is 363 g/mol. The number of fused-ring (bicyclic) bond motifs is 1. The van der Waals surface area contributed by atoms with E-state index in [1.165, 1.54) is 22.3 Å². The Hall–Kier alpha value is -2.65. The van der Waals surface area contributed by atoms with Gasteiger partial charge in [-0.25, -0.2) is 0 Å². The number of amides is 1. The van der Waals surface area contributed by atoms with Gasteiger partial charge in [-0.2, -0.15) is 0 Å². The molecule has 0 bridgehead atoms. The molecule has 1 aliphatic rings. The Morgan fingerprint density at radius 2 is 1.85 bits per heavy atom. The molecular formula is C22H19ClN2O. The van der Waals surface area contributed by atoms with E-state index in [2.05, 4.69) is 40.6 Å². The monoisotopic (exact) mass is 362 g/mol. The number of nitrogens with one attached hydrogen (secondary N) is 1. The Kier molecular flexibility index (Phi) is 4.72. The lowest BCUT2D eigenvalue weighted by molar-refractivity contribution is -0.116. The maximum atomic E-state index is 11.6. The Bertz CT molecular complexity index is 923. The summed E-state index contributed by atoms with van der Waals surface area (Å²) in [5.74, 6) is 0.300. The van der Waals surface area contributed by atoms with Gasteiger partial charge in [0, 0.05) is 35.4 Å². The van der Waals surface area contributed by atoms with Crippen LogP contribution in [0.25, 0.3) is 0 Å². The van der Waals surface area contributed by atoms with Gasteiger partial charge in [-0.3, -0.25) is 9.78 Å². The van der Waals surface area contributed by atoms with Crippen molar-refractivity contribution in [2.45, 2.75) is 25.2 Å². The summed E-state index contributed by atoms with van der Waals surface area (Å²) in [6.07, 6.45) is 5.91. The number of aromatic nitrogens is 1. The first-order valence-electron chi connectivity index (χ1n) is 8.76. The Labute approximate surface area is 158 Å². The van der Waals surface area contributed by atoms with Crippen molar-refractivity contribution in [2.75, 3.05) is 5.32 Å². The lowest BCUT2D eigenvalue weighted by Crippen LogP contribution is -2.19. The molecule has 130 valence electrons. The van der Waals surface area contributed by atoms with E-state index in [4.69, 9.17) is 11.6 Å². The van der Waals surface area contributed by atoms with Gasteiger partial charge in [-0.1, -0.05) is 41.9 Å². The second-order valence-corrected chi connectivity index (χ2v) is 7.07. The van der Waals surface area contributed by atoms with Crippen LogP contribution >= 0.6 is 11.6 Å². The zero-order valence-electron chi connectivity index (χ0n) is 14.3. The van der Waals surface area contributed by atoms with Crippen LogP contribution in [0.4, 0.5) is 5.69 Å².